The van der Waals surface area contributed by atoms with Crippen LogP contribution in [0.15, 0.2) is 54.6 Å². The van der Waals surface area contributed by atoms with Gasteiger partial charge < -0.3 is 10.5 Å². The number of halogens is 2. The molecule has 2 aromatic rings. The first-order valence-electron chi connectivity index (χ1n) is 6.97. The van der Waals surface area contributed by atoms with Gasteiger partial charge in [-0.05, 0) is 30.7 Å². The standard InChI is InChI=1S/C17H19F2NO/c18-17(19,15-4-2-1-3-5-15)11-13-21-16-8-6-14(7-9-16)10-12-20/h1-9H,10-13,20H2. The van der Waals surface area contributed by atoms with Gasteiger partial charge in [0.1, 0.15) is 5.75 Å². The SMILES string of the molecule is NCCc1ccc(OCCC(F)(F)c2ccccc2)cc1. The Hall–Kier alpha value is -1.94. The maximum absolute atomic E-state index is 13.9. The van der Waals surface area contributed by atoms with E-state index in [1.807, 2.05) is 12.1 Å². The molecule has 21 heavy (non-hydrogen) atoms. The molecular formula is C17H19F2NO. The molecule has 4 heteroatoms. The van der Waals surface area contributed by atoms with Crippen LogP contribution in [0.25, 0.3) is 0 Å². The normalized spacial score (nSPS) is 11.4. The fourth-order valence-corrected chi connectivity index (χ4v) is 2.04. The van der Waals surface area contributed by atoms with Crippen molar-refractivity contribution in [1.29, 1.82) is 0 Å². The molecule has 0 amide bonds. The van der Waals surface area contributed by atoms with Gasteiger partial charge in [0, 0.05) is 12.0 Å². The van der Waals surface area contributed by atoms with Crippen LogP contribution in [0, 0.1) is 0 Å². The molecule has 0 atom stereocenters. The summed E-state index contributed by atoms with van der Waals surface area (Å²) in [5, 5.41) is 0. The average molecular weight is 291 g/mol. The molecule has 0 fully saturated rings. The van der Waals surface area contributed by atoms with Crippen molar-refractivity contribution in [3.05, 3.63) is 65.7 Å². The largest absolute Gasteiger partial charge is 0.493 e. The highest BCUT2D eigenvalue weighted by atomic mass is 19.3. The molecule has 0 saturated heterocycles. The summed E-state index contributed by atoms with van der Waals surface area (Å²) in [4.78, 5) is 0. The van der Waals surface area contributed by atoms with E-state index in [4.69, 9.17) is 10.5 Å². The van der Waals surface area contributed by atoms with Gasteiger partial charge in [0.2, 0.25) is 0 Å². The van der Waals surface area contributed by atoms with E-state index in [0.29, 0.717) is 12.3 Å². The third-order valence-electron chi connectivity index (χ3n) is 3.24. The molecular weight excluding hydrogens is 272 g/mol. The lowest BCUT2D eigenvalue weighted by Gasteiger charge is -2.17. The van der Waals surface area contributed by atoms with E-state index < -0.39 is 5.92 Å². The van der Waals surface area contributed by atoms with Gasteiger partial charge in [-0.2, -0.15) is 0 Å². The van der Waals surface area contributed by atoms with Gasteiger partial charge in [-0.15, -0.1) is 0 Å². The van der Waals surface area contributed by atoms with Crippen LogP contribution >= 0.6 is 0 Å². The zero-order valence-electron chi connectivity index (χ0n) is 11.8. The predicted octanol–water partition coefficient (Wildman–Crippen LogP) is 3.75. The van der Waals surface area contributed by atoms with Crippen molar-refractivity contribution in [2.45, 2.75) is 18.8 Å². The van der Waals surface area contributed by atoms with Gasteiger partial charge in [-0.3, -0.25) is 0 Å². The van der Waals surface area contributed by atoms with Crippen molar-refractivity contribution in [2.24, 2.45) is 5.73 Å². The van der Waals surface area contributed by atoms with Crippen molar-refractivity contribution in [3.8, 4) is 5.75 Å². The summed E-state index contributed by atoms with van der Waals surface area (Å²) in [6.45, 7) is 0.557. The van der Waals surface area contributed by atoms with Gasteiger partial charge in [0.15, 0.2) is 0 Å². The minimum Gasteiger partial charge on any atom is -0.493 e. The summed E-state index contributed by atoms with van der Waals surface area (Å²) in [5.41, 5.74) is 6.60. The molecule has 0 aliphatic carbocycles. The Labute approximate surface area is 123 Å². The van der Waals surface area contributed by atoms with Gasteiger partial charge in [0.05, 0.1) is 6.61 Å². The Morgan fingerprint density at radius 1 is 0.952 bits per heavy atom. The molecule has 0 aromatic heterocycles. The highest BCUT2D eigenvalue weighted by Gasteiger charge is 2.30. The van der Waals surface area contributed by atoms with E-state index in [9.17, 15) is 8.78 Å². The predicted molar refractivity (Wildman–Crippen MR) is 79.6 cm³/mol. The number of benzene rings is 2. The fourth-order valence-electron chi connectivity index (χ4n) is 2.04. The fraction of sp³-hybridized carbons (Fsp3) is 0.294. The molecule has 0 aliphatic rings. The van der Waals surface area contributed by atoms with E-state index in [1.165, 1.54) is 12.1 Å². The highest BCUT2D eigenvalue weighted by molar-refractivity contribution is 5.27. The molecule has 0 unspecified atom stereocenters. The number of hydrogen-bond donors (Lipinski definition) is 1. The number of alkyl halides is 2. The second-order valence-corrected chi connectivity index (χ2v) is 4.85. The molecule has 112 valence electrons. The summed E-state index contributed by atoms with van der Waals surface area (Å²) < 4.78 is 33.2. The van der Waals surface area contributed by atoms with Crippen molar-refractivity contribution in [2.75, 3.05) is 13.2 Å². The van der Waals surface area contributed by atoms with E-state index in [-0.39, 0.29) is 18.6 Å². The second-order valence-electron chi connectivity index (χ2n) is 4.85. The minimum atomic E-state index is -2.87. The molecule has 2 rings (SSSR count). The summed E-state index contributed by atoms with van der Waals surface area (Å²) in [6.07, 6.45) is 0.452. The first kappa shape index (κ1) is 15.4. The quantitative estimate of drug-likeness (QED) is 0.843. The van der Waals surface area contributed by atoms with Crippen molar-refractivity contribution in [3.63, 3.8) is 0 Å². The smallest absolute Gasteiger partial charge is 0.276 e. The van der Waals surface area contributed by atoms with Crippen LogP contribution in [0.3, 0.4) is 0 Å². The minimum absolute atomic E-state index is 0.0203. The van der Waals surface area contributed by atoms with Crippen molar-refractivity contribution >= 4 is 0 Å². The molecule has 0 saturated carbocycles. The van der Waals surface area contributed by atoms with Gasteiger partial charge in [-0.1, -0.05) is 42.5 Å². The van der Waals surface area contributed by atoms with Crippen LogP contribution in [0.1, 0.15) is 17.5 Å². The summed E-state index contributed by atoms with van der Waals surface area (Å²) in [5.74, 6) is -2.28. The Morgan fingerprint density at radius 2 is 1.62 bits per heavy atom. The lowest BCUT2D eigenvalue weighted by atomic mass is 10.1. The van der Waals surface area contributed by atoms with Crippen molar-refractivity contribution < 1.29 is 13.5 Å². The van der Waals surface area contributed by atoms with E-state index in [2.05, 4.69) is 0 Å². The zero-order chi connectivity index (χ0) is 15.1. The Bertz CT molecular complexity index is 540. The number of hydrogen-bond acceptors (Lipinski definition) is 2. The van der Waals surface area contributed by atoms with Crippen LogP contribution in [-0.2, 0) is 12.3 Å². The van der Waals surface area contributed by atoms with E-state index in [0.717, 1.165) is 12.0 Å². The topological polar surface area (TPSA) is 35.2 Å². The molecule has 0 spiro atoms. The maximum Gasteiger partial charge on any atom is 0.276 e. The number of nitrogens with two attached hydrogens (primary N) is 1. The molecule has 2 N–H and O–H groups in total. The van der Waals surface area contributed by atoms with E-state index in [1.54, 1.807) is 30.3 Å². The van der Waals surface area contributed by atoms with Crippen LogP contribution in [0.5, 0.6) is 5.75 Å². The maximum atomic E-state index is 13.9. The highest BCUT2D eigenvalue weighted by Crippen LogP contribution is 2.31. The number of rotatable bonds is 7. The molecule has 0 bridgehead atoms. The van der Waals surface area contributed by atoms with Crippen LogP contribution in [0.2, 0.25) is 0 Å². The van der Waals surface area contributed by atoms with Gasteiger partial charge >= 0.3 is 0 Å². The van der Waals surface area contributed by atoms with Gasteiger partial charge in [0.25, 0.3) is 5.92 Å². The van der Waals surface area contributed by atoms with E-state index >= 15 is 0 Å². The third-order valence-corrected chi connectivity index (χ3v) is 3.24. The van der Waals surface area contributed by atoms with Crippen LogP contribution in [0.4, 0.5) is 8.78 Å². The Morgan fingerprint density at radius 3 is 2.24 bits per heavy atom. The lowest BCUT2D eigenvalue weighted by Crippen LogP contribution is -2.17. The second kappa shape index (κ2) is 7.18. The zero-order valence-corrected chi connectivity index (χ0v) is 11.8. The van der Waals surface area contributed by atoms with Crippen molar-refractivity contribution in [1.82, 2.24) is 0 Å². The Balaban J connectivity index is 1.86. The van der Waals surface area contributed by atoms with Gasteiger partial charge in [-0.25, -0.2) is 8.78 Å². The lowest BCUT2D eigenvalue weighted by molar-refractivity contribution is -0.0242. The molecule has 0 heterocycles. The molecule has 0 aliphatic heterocycles. The average Bonchev–Trinajstić information content (AvgIpc) is 2.50. The van der Waals surface area contributed by atoms with Crippen LogP contribution < -0.4 is 10.5 Å². The van der Waals surface area contributed by atoms with Crippen LogP contribution in [-0.4, -0.2) is 13.2 Å². The first-order chi connectivity index (χ1) is 10.1. The molecule has 0 radical (unpaired) electrons. The molecule has 2 aromatic carbocycles. The first-order valence-corrected chi connectivity index (χ1v) is 6.97. The summed E-state index contributed by atoms with van der Waals surface area (Å²) >= 11 is 0. The summed E-state index contributed by atoms with van der Waals surface area (Å²) in [7, 11) is 0. The Kier molecular flexibility index (Phi) is 5.28. The third kappa shape index (κ3) is 4.53. The number of ether oxygens (including phenoxy) is 1. The molecule has 2 nitrogen and oxygen atoms in total. The monoisotopic (exact) mass is 291 g/mol. The summed E-state index contributed by atoms with van der Waals surface area (Å²) in [6, 6.07) is 15.2.